The first-order valence-electron chi connectivity index (χ1n) is 4.09. The number of rotatable bonds is 2. The molecule has 0 unspecified atom stereocenters. The summed E-state index contributed by atoms with van der Waals surface area (Å²) in [7, 11) is 0. The second-order valence-corrected chi connectivity index (χ2v) is 3.79. The fraction of sp³-hybridized carbons (Fsp3) is 0.400. The SMILES string of the molecule is CC[C@H](O)c1ccc(C)c(Br)c1. The summed E-state index contributed by atoms with van der Waals surface area (Å²) in [5.74, 6) is 0. The molecule has 0 saturated carbocycles. The monoisotopic (exact) mass is 228 g/mol. The first-order valence-corrected chi connectivity index (χ1v) is 4.88. The predicted molar refractivity (Wildman–Crippen MR) is 54.1 cm³/mol. The topological polar surface area (TPSA) is 20.2 Å². The van der Waals surface area contributed by atoms with Gasteiger partial charge in [-0.1, -0.05) is 35.0 Å². The van der Waals surface area contributed by atoms with Gasteiger partial charge in [-0.05, 0) is 30.5 Å². The van der Waals surface area contributed by atoms with Gasteiger partial charge < -0.3 is 5.11 Å². The van der Waals surface area contributed by atoms with Gasteiger partial charge in [0.15, 0.2) is 0 Å². The fourth-order valence-electron chi connectivity index (χ4n) is 1.05. The number of halogens is 1. The van der Waals surface area contributed by atoms with E-state index < -0.39 is 0 Å². The quantitative estimate of drug-likeness (QED) is 0.825. The minimum Gasteiger partial charge on any atom is -0.388 e. The van der Waals surface area contributed by atoms with Crippen LogP contribution in [0.3, 0.4) is 0 Å². The molecular weight excluding hydrogens is 216 g/mol. The van der Waals surface area contributed by atoms with Gasteiger partial charge in [-0.15, -0.1) is 0 Å². The lowest BCUT2D eigenvalue weighted by atomic mass is 10.1. The van der Waals surface area contributed by atoms with E-state index in [1.54, 1.807) is 0 Å². The summed E-state index contributed by atoms with van der Waals surface area (Å²) in [5, 5.41) is 9.52. The zero-order valence-electron chi connectivity index (χ0n) is 7.34. The molecule has 0 aliphatic heterocycles. The molecule has 1 aromatic rings. The van der Waals surface area contributed by atoms with Gasteiger partial charge in [0.2, 0.25) is 0 Å². The third-order valence-electron chi connectivity index (χ3n) is 1.97. The molecule has 0 aliphatic rings. The first kappa shape index (κ1) is 9.75. The highest BCUT2D eigenvalue weighted by Crippen LogP contribution is 2.23. The van der Waals surface area contributed by atoms with Gasteiger partial charge in [0.05, 0.1) is 6.10 Å². The minimum absolute atomic E-state index is 0.332. The normalized spacial score (nSPS) is 13.0. The molecule has 12 heavy (non-hydrogen) atoms. The van der Waals surface area contributed by atoms with Crippen LogP contribution in [0.5, 0.6) is 0 Å². The summed E-state index contributed by atoms with van der Waals surface area (Å²) in [6, 6.07) is 5.95. The number of aliphatic hydroxyl groups excluding tert-OH is 1. The highest BCUT2D eigenvalue weighted by molar-refractivity contribution is 9.10. The van der Waals surface area contributed by atoms with E-state index in [1.807, 2.05) is 32.0 Å². The molecule has 1 rings (SSSR count). The molecule has 1 nitrogen and oxygen atoms in total. The molecule has 0 spiro atoms. The van der Waals surface area contributed by atoms with E-state index in [2.05, 4.69) is 15.9 Å². The Balaban J connectivity index is 2.96. The van der Waals surface area contributed by atoms with Gasteiger partial charge in [-0.3, -0.25) is 0 Å². The Morgan fingerprint density at radius 3 is 2.67 bits per heavy atom. The Morgan fingerprint density at radius 2 is 2.17 bits per heavy atom. The highest BCUT2D eigenvalue weighted by atomic mass is 79.9. The molecule has 0 radical (unpaired) electrons. The second kappa shape index (κ2) is 4.06. The molecule has 2 heteroatoms. The van der Waals surface area contributed by atoms with Crippen LogP contribution in [0.4, 0.5) is 0 Å². The molecule has 1 aromatic carbocycles. The molecule has 1 N–H and O–H groups in total. The Kier molecular flexibility index (Phi) is 3.29. The maximum atomic E-state index is 9.52. The van der Waals surface area contributed by atoms with Crippen molar-refractivity contribution in [1.82, 2.24) is 0 Å². The maximum absolute atomic E-state index is 9.52. The molecule has 0 aliphatic carbocycles. The third-order valence-corrected chi connectivity index (χ3v) is 2.82. The number of hydrogen-bond donors (Lipinski definition) is 1. The van der Waals surface area contributed by atoms with Crippen LogP contribution in [0.1, 0.15) is 30.6 Å². The Hall–Kier alpha value is -0.340. The third kappa shape index (κ3) is 2.08. The molecule has 0 heterocycles. The van der Waals surface area contributed by atoms with Crippen LogP contribution in [-0.4, -0.2) is 5.11 Å². The van der Waals surface area contributed by atoms with Gasteiger partial charge in [-0.25, -0.2) is 0 Å². The van der Waals surface area contributed by atoms with Crippen LogP contribution < -0.4 is 0 Å². The van der Waals surface area contributed by atoms with Crippen molar-refractivity contribution in [3.05, 3.63) is 33.8 Å². The molecule has 0 amide bonds. The fourth-order valence-corrected chi connectivity index (χ4v) is 1.45. The predicted octanol–water partition coefficient (Wildman–Crippen LogP) is 3.20. The summed E-state index contributed by atoms with van der Waals surface area (Å²) in [6.45, 7) is 4.00. The van der Waals surface area contributed by atoms with E-state index in [0.717, 1.165) is 16.5 Å². The zero-order chi connectivity index (χ0) is 9.14. The lowest BCUT2D eigenvalue weighted by Gasteiger charge is -2.09. The van der Waals surface area contributed by atoms with Gasteiger partial charge in [0.1, 0.15) is 0 Å². The van der Waals surface area contributed by atoms with Crippen LogP contribution in [0.2, 0.25) is 0 Å². The summed E-state index contributed by atoms with van der Waals surface area (Å²) in [4.78, 5) is 0. The number of hydrogen-bond acceptors (Lipinski definition) is 1. The van der Waals surface area contributed by atoms with Crippen LogP contribution in [0, 0.1) is 6.92 Å². The Morgan fingerprint density at radius 1 is 1.50 bits per heavy atom. The van der Waals surface area contributed by atoms with Crippen molar-refractivity contribution in [3.8, 4) is 0 Å². The number of aliphatic hydroxyl groups is 1. The lowest BCUT2D eigenvalue weighted by molar-refractivity contribution is 0.173. The second-order valence-electron chi connectivity index (χ2n) is 2.93. The molecule has 0 saturated heterocycles. The average Bonchev–Trinajstić information content (AvgIpc) is 2.08. The van der Waals surface area contributed by atoms with E-state index in [-0.39, 0.29) is 6.10 Å². The first-order chi connectivity index (χ1) is 5.65. The van der Waals surface area contributed by atoms with E-state index in [1.165, 1.54) is 5.56 Å². The van der Waals surface area contributed by atoms with Crippen molar-refractivity contribution in [2.24, 2.45) is 0 Å². The van der Waals surface area contributed by atoms with Gasteiger partial charge in [0, 0.05) is 4.47 Å². The van der Waals surface area contributed by atoms with E-state index in [4.69, 9.17) is 0 Å². The highest BCUT2D eigenvalue weighted by Gasteiger charge is 2.05. The van der Waals surface area contributed by atoms with Crippen molar-refractivity contribution >= 4 is 15.9 Å². The molecule has 0 bridgehead atoms. The number of benzene rings is 1. The standard InChI is InChI=1S/C10H13BrO/c1-3-10(12)8-5-4-7(2)9(11)6-8/h4-6,10,12H,3H2,1-2H3/t10-/m0/s1. The smallest absolute Gasteiger partial charge is 0.0787 e. The van der Waals surface area contributed by atoms with E-state index >= 15 is 0 Å². The van der Waals surface area contributed by atoms with Crippen LogP contribution in [-0.2, 0) is 0 Å². The lowest BCUT2D eigenvalue weighted by Crippen LogP contribution is -1.94. The maximum Gasteiger partial charge on any atom is 0.0787 e. The Bertz CT molecular complexity index is 271. The summed E-state index contributed by atoms with van der Waals surface area (Å²) in [5.41, 5.74) is 2.18. The molecular formula is C10H13BrO. The molecule has 0 aromatic heterocycles. The molecule has 1 atom stereocenters. The van der Waals surface area contributed by atoms with Gasteiger partial charge in [0.25, 0.3) is 0 Å². The van der Waals surface area contributed by atoms with Crippen molar-refractivity contribution in [2.75, 3.05) is 0 Å². The van der Waals surface area contributed by atoms with Crippen LogP contribution in [0.15, 0.2) is 22.7 Å². The Labute approximate surface area is 81.6 Å². The zero-order valence-corrected chi connectivity index (χ0v) is 8.93. The largest absolute Gasteiger partial charge is 0.388 e. The van der Waals surface area contributed by atoms with Crippen molar-refractivity contribution < 1.29 is 5.11 Å². The molecule has 66 valence electrons. The average molecular weight is 229 g/mol. The van der Waals surface area contributed by atoms with Gasteiger partial charge >= 0.3 is 0 Å². The van der Waals surface area contributed by atoms with Gasteiger partial charge in [-0.2, -0.15) is 0 Å². The van der Waals surface area contributed by atoms with Crippen LogP contribution in [0.25, 0.3) is 0 Å². The van der Waals surface area contributed by atoms with Crippen molar-refractivity contribution in [2.45, 2.75) is 26.4 Å². The van der Waals surface area contributed by atoms with Crippen LogP contribution >= 0.6 is 15.9 Å². The van der Waals surface area contributed by atoms with Crippen molar-refractivity contribution in [3.63, 3.8) is 0 Å². The summed E-state index contributed by atoms with van der Waals surface area (Å²) >= 11 is 3.43. The van der Waals surface area contributed by atoms with Crippen molar-refractivity contribution in [1.29, 1.82) is 0 Å². The molecule has 0 fully saturated rings. The minimum atomic E-state index is -0.332. The van der Waals surface area contributed by atoms with E-state index in [0.29, 0.717) is 0 Å². The summed E-state index contributed by atoms with van der Waals surface area (Å²) < 4.78 is 1.06. The number of aryl methyl sites for hydroxylation is 1. The van der Waals surface area contributed by atoms with E-state index in [9.17, 15) is 5.11 Å². The summed E-state index contributed by atoms with van der Waals surface area (Å²) in [6.07, 6.45) is 0.428.